The molecule has 1 heteroatoms. The normalized spacial score (nSPS) is 15.2. The second-order valence-electron chi connectivity index (χ2n) is 6.90. The molecule has 2 unspecified atom stereocenters. The number of rotatable bonds is 12. The summed E-state index contributed by atoms with van der Waals surface area (Å²) < 4.78 is 6.43. The van der Waals surface area contributed by atoms with E-state index in [-0.39, 0.29) is 0 Å². The highest BCUT2D eigenvalue weighted by molar-refractivity contribution is 4.66. The Kier molecular flexibility index (Phi) is 11.7. The molecule has 2 atom stereocenters. The van der Waals surface area contributed by atoms with Crippen LogP contribution in [0.1, 0.15) is 92.9 Å². The summed E-state index contributed by atoms with van der Waals surface area (Å²) in [5.74, 6) is 1.59. The maximum Gasteiger partial charge on any atom is 0.0578 e. The van der Waals surface area contributed by atoms with E-state index >= 15 is 0 Å². The van der Waals surface area contributed by atoms with Crippen LogP contribution in [0.15, 0.2) is 0 Å². The van der Waals surface area contributed by atoms with E-state index < -0.39 is 0 Å². The van der Waals surface area contributed by atoms with E-state index in [0.29, 0.717) is 12.2 Å². The molecular weight excluding hydrogens is 232 g/mol. The van der Waals surface area contributed by atoms with E-state index in [1.807, 2.05) is 0 Å². The molecule has 0 radical (unpaired) electrons. The van der Waals surface area contributed by atoms with E-state index in [2.05, 4.69) is 41.5 Å². The van der Waals surface area contributed by atoms with Crippen LogP contribution < -0.4 is 0 Å². The van der Waals surface area contributed by atoms with Crippen molar-refractivity contribution in [3.63, 3.8) is 0 Å². The van der Waals surface area contributed by atoms with Crippen molar-refractivity contribution in [3.05, 3.63) is 0 Å². The molecule has 0 aromatic carbocycles. The fourth-order valence-electron chi connectivity index (χ4n) is 2.52. The first-order chi connectivity index (χ1) is 8.99. The van der Waals surface area contributed by atoms with E-state index in [0.717, 1.165) is 11.8 Å². The van der Waals surface area contributed by atoms with Crippen LogP contribution in [0, 0.1) is 11.8 Å². The molecule has 0 amide bonds. The molecule has 0 saturated heterocycles. The Morgan fingerprint density at radius 3 is 1.21 bits per heavy atom. The standard InChI is InChI=1S/C18H38O/c1-7-9-17(13-11-15(3)4)19-18(10-8-2)14-12-16(5)6/h15-18H,7-14H2,1-6H3. The second-order valence-corrected chi connectivity index (χ2v) is 6.90. The van der Waals surface area contributed by atoms with E-state index in [1.54, 1.807) is 0 Å². The van der Waals surface area contributed by atoms with Crippen LogP contribution >= 0.6 is 0 Å². The maximum atomic E-state index is 6.43. The molecular formula is C18H38O. The summed E-state index contributed by atoms with van der Waals surface area (Å²) in [6.45, 7) is 13.8. The molecule has 0 aromatic heterocycles. The Morgan fingerprint density at radius 1 is 0.579 bits per heavy atom. The average molecular weight is 271 g/mol. The zero-order valence-electron chi connectivity index (χ0n) is 14.4. The van der Waals surface area contributed by atoms with Gasteiger partial charge in [-0.3, -0.25) is 0 Å². The van der Waals surface area contributed by atoms with Crippen molar-refractivity contribution in [1.29, 1.82) is 0 Å². The Hall–Kier alpha value is -0.0400. The summed E-state index contributed by atoms with van der Waals surface area (Å²) in [6.07, 6.45) is 11.0. The molecule has 0 fully saturated rings. The van der Waals surface area contributed by atoms with Crippen LogP contribution in [0.5, 0.6) is 0 Å². The zero-order valence-corrected chi connectivity index (χ0v) is 14.4. The van der Waals surface area contributed by atoms with Crippen molar-refractivity contribution >= 4 is 0 Å². The monoisotopic (exact) mass is 270 g/mol. The van der Waals surface area contributed by atoms with Crippen molar-refractivity contribution in [3.8, 4) is 0 Å². The van der Waals surface area contributed by atoms with Gasteiger partial charge in [0.15, 0.2) is 0 Å². The van der Waals surface area contributed by atoms with Crippen LogP contribution in [-0.2, 0) is 4.74 Å². The van der Waals surface area contributed by atoms with Crippen molar-refractivity contribution in [2.75, 3.05) is 0 Å². The summed E-state index contributed by atoms with van der Waals surface area (Å²) in [5, 5.41) is 0. The largest absolute Gasteiger partial charge is 0.375 e. The first-order valence-electron chi connectivity index (χ1n) is 8.64. The van der Waals surface area contributed by atoms with Gasteiger partial charge in [-0.15, -0.1) is 0 Å². The molecule has 0 heterocycles. The molecule has 0 spiro atoms. The zero-order chi connectivity index (χ0) is 14.7. The van der Waals surface area contributed by atoms with Crippen molar-refractivity contribution in [2.24, 2.45) is 11.8 Å². The van der Waals surface area contributed by atoms with Gasteiger partial charge in [-0.05, 0) is 50.4 Å². The van der Waals surface area contributed by atoms with Gasteiger partial charge >= 0.3 is 0 Å². The van der Waals surface area contributed by atoms with Gasteiger partial charge in [0.25, 0.3) is 0 Å². The predicted molar refractivity (Wildman–Crippen MR) is 86.6 cm³/mol. The van der Waals surface area contributed by atoms with Gasteiger partial charge in [-0.25, -0.2) is 0 Å². The Balaban J connectivity index is 4.20. The minimum Gasteiger partial charge on any atom is -0.375 e. The third-order valence-electron chi connectivity index (χ3n) is 3.74. The number of hydrogen-bond donors (Lipinski definition) is 0. The maximum absolute atomic E-state index is 6.43. The quantitative estimate of drug-likeness (QED) is 0.409. The molecule has 0 rings (SSSR count). The van der Waals surface area contributed by atoms with Crippen molar-refractivity contribution in [1.82, 2.24) is 0 Å². The van der Waals surface area contributed by atoms with Gasteiger partial charge in [-0.1, -0.05) is 54.4 Å². The summed E-state index contributed by atoms with van der Waals surface area (Å²) in [7, 11) is 0. The summed E-state index contributed by atoms with van der Waals surface area (Å²) in [6, 6.07) is 0. The van der Waals surface area contributed by atoms with Crippen molar-refractivity contribution in [2.45, 2.75) is 105 Å². The van der Waals surface area contributed by atoms with Crippen molar-refractivity contribution < 1.29 is 4.74 Å². The lowest BCUT2D eigenvalue weighted by molar-refractivity contribution is -0.0329. The van der Waals surface area contributed by atoms with E-state index in [4.69, 9.17) is 4.74 Å². The molecule has 0 saturated carbocycles. The van der Waals surface area contributed by atoms with Gasteiger partial charge < -0.3 is 4.74 Å². The third-order valence-corrected chi connectivity index (χ3v) is 3.74. The first-order valence-corrected chi connectivity index (χ1v) is 8.64. The number of ether oxygens (including phenoxy) is 1. The van der Waals surface area contributed by atoms with Crippen LogP contribution in [0.3, 0.4) is 0 Å². The molecule has 19 heavy (non-hydrogen) atoms. The van der Waals surface area contributed by atoms with Gasteiger partial charge in [0, 0.05) is 0 Å². The van der Waals surface area contributed by atoms with Gasteiger partial charge in [0.2, 0.25) is 0 Å². The lowest BCUT2D eigenvalue weighted by Gasteiger charge is -2.26. The smallest absolute Gasteiger partial charge is 0.0578 e. The highest BCUT2D eigenvalue weighted by Gasteiger charge is 2.16. The molecule has 0 aliphatic heterocycles. The van der Waals surface area contributed by atoms with Gasteiger partial charge in [-0.2, -0.15) is 0 Å². The first kappa shape index (κ1) is 19.0. The molecule has 0 aromatic rings. The second kappa shape index (κ2) is 11.8. The lowest BCUT2D eigenvalue weighted by Crippen LogP contribution is -2.23. The number of hydrogen-bond acceptors (Lipinski definition) is 1. The fraction of sp³-hybridized carbons (Fsp3) is 1.00. The molecule has 0 aliphatic rings. The van der Waals surface area contributed by atoms with Crippen LogP contribution in [0.25, 0.3) is 0 Å². The lowest BCUT2D eigenvalue weighted by atomic mass is 10.00. The predicted octanol–water partition coefficient (Wildman–Crippen LogP) is 6.21. The minimum atomic E-state index is 0.496. The SMILES string of the molecule is CCCC(CCC(C)C)OC(CCC)CCC(C)C. The van der Waals surface area contributed by atoms with Crippen LogP contribution in [0.4, 0.5) is 0 Å². The van der Waals surface area contributed by atoms with E-state index in [9.17, 15) is 0 Å². The highest BCUT2D eigenvalue weighted by Crippen LogP contribution is 2.21. The Bertz CT molecular complexity index is 166. The van der Waals surface area contributed by atoms with Gasteiger partial charge in [0.1, 0.15) is 0 Å². The summed E-state index contributed by atoms with van der Waals surface area (Å²) >= 11 is 0. The minimum absolute atomic E-state index is 0.496. The van der Waals surface area contributed by atoms with Gasteiger partial charge in [0.05, 0.1) is 12.2 Å². The topological polar surface area (TPSA) is 9.23 Å². The Labute approximate surface area is 122 Å². The summed E-state index contributed by atoms with van der Waals surface area (Å²) in [5.41, 5.74) is 0. The van der Waals surface area contributed by atoms with Crippen LogP contribution in [-0.4, -0.2) is 12.2 Å². The Morgan fingerprint density at radius 2 is 0.947 bits per heavy atom. The average Bonchev–Trinajstić information content (AvgIpc) is 2.33. The molecule has 116 valence electrons. The fourth-order valence-corrected chi connectivity index (χ4v) is 2.52. The molecule has 0 bridgehead atoms. The molecule has 0 N–H and O–H groups in total. The van der Waals surface area contributed by atoms with E-state index in [1.165, 1.54) is 51.4 Å². The molecule has 0 aliphatic carbocycles. The highest BCUT2D eigenvalue weighted by atomic mass is 16.5. The summed E-state index contributed by atoms with van der Waals surface area (Å²) in [4.78, 5) is 0. The third kappa shape index (κ3) is 11.5. The van der Waals surface area contributed by atoms with Crippen LogP contribution in [0.2, 0.25) is 0 Å². The molecule has 1 nitrogen and oxygen atoms in total.